The first-order valence-corrected chi connectivity index (χ1v) is 4.28. The van der Waals surface area contributed by atoms with Crippen molar-refractivity contribution in [2.24, 2.45) is 10.9 Å². The van der Waals surface area contributed by atoms with Crippen molar-refractivity contribution in [1.82, 2.24) is 0 Å². The molecule has 0 spiro atoms. The number of carboxylic acids is 1. The predicted octanol–water partition coefficient (Wildman–Crippen LogP) is 1.21. The lowest BCUT2D eigenvalue weighted by Gasteiger charge is -2.02. The number of nitrogens with two attached hydrogens (primary N) is 1. The Labute approximate surface area is 82.1 Å². The van der Waals surface area contributed by atoms with Crippen LogP contribution in [0.2, 0.25) is 0 Å². The summed E-state index contributed by atoms with van der Waals surface area (Å²) in [5, 5.41) is 12.1. The summed E-state index contributed by atoms with van der Waals surface area (Å²) in [5.74, 6) is 4.34. The lowest BCUT2D eigenvalue weighted by molar-refractivity contribution is -0.136. The van der Waals surface area contributed by atoms with Gasteiger partial charge < -0.3 is 10.9 Å². The summed E-state index contributed by atoms with van der Waals surface area (Å²) in [6.07, 6.45) is 0.404. The molecular weight excluding hydrogens is 180 g/mol. The van der Waals surface area contributed by atoms with E-state index in [1.165, 1.54) is 0 Å². The Bertz CT molecular complexity index is 333. The molecular formula is C10H12N2O2. The molecule has 0 bridgehead atoms. The zero-order valence-electron chi connectivity index (χ0n) is 7.68. The highest BCUT2D eigenvalue weighted by atomic mass is 16.4. The van der Waals surface area contributed by atoms with E-state index in [1.807, 2.05) is 30.3 Å². The first-order chi connectivity index (χ1) is 6.74. The first kappa shape index (κ1) is 10.2. The second-order valence-corrected chi connectivity index (χ2v) is 2.84. The van der Waals surface area contributed by atoms with Gasteiger partial charge >= 0.3 is 5.97 Å². The number of aliphatic carboxylic acids is 1. The smallest absolute Gasteiger partial charge is 0.303 e. The van der Waals surface area contributed by atoms with Crippen LogP contribution in [0, 0.1) is 0 Å². The van der Waals surface area contributed by atoms with Crippen molar-refractivity contribution in [3.8, 4) is 0 Å². The number of carboxylic acid groups (broad SMARTS) is 1. The van der Waals surface area contributed by atoms with Crippen molar-refractivity contribution in [3.63, 3.8) is 0 Å². The molecule has 0 aliphatic rings. The van der Waals surface area contributed by atoms with Crippen molar-refractivity contribution in [3.05, 3.63) is 35.9 Å². The zero-order valence-corrected chi connectivity index (χ0v) is 7.68. The van der Waals surface area contributed by atoms with Gasteiger partial charge in [-0.2, -0.15) is 5.10 Å². The van der Waals surface area contributed by atoms with E-state index in [9.17, 15) is 4.79 Å². The fraction of sp³-hybridized carbons (Fsp3) is 0.200. The molecule has 4 heteroatoms. The monoisotopic (exact) mass is 192 g/mol. The second-order valence-electron chi connectivity index (χ2n) is 2.84. The fourth-order valence-electron chi connectivity index (χ4n) is 1.14. The molecule has 1 aromatic carbocycles. The van der Waals surface area contributed by atoms with Crippen LogP contribution in [0.25, 0.3) is 0 Å². The number of carbonyl (C=O) groups is 1. The maximum Gasteiger partial charge on any atom is 0.303 e. The van der Waals surface area contributed by atoms with Gasteiger partial charge in [-0.05, 0) is 5.56 Å². The maximum absolute atomic E-state index is 10.4. The number of hydrogen-bond acceptors (Lipinski definition) is 3. The molecule has 0 fully saturated rings. The molecule has 0 saturated carbocycles. The van der Waals surface area contributed by atoms with Gasteiger partial charge in [-0.3, -0.25) is 4.79 Å². The Morgan fingerprint density at radius 3 is 2.43 bits per heavy atom. The molecule has 4 nitrogen and oxygen atoms in total. The van der Waals surface area contributed by atoms with Gasteiger partial charge in [0.1, 0.15) is 0 Å². The van der Waals surface area contributed by atoms with Crippen LogP contribution in [0.5, 0.6) is 0 Å². The van der Waals surface area contributed by atoms with E-state index in [-0.39, 0.29) is 6.42 Å². The van der Waals surface area contributed by atoms with Crippen molar-refractivity contribution >= 4 is 11.7 Å². The van der Waals surface area contributed by atoms with Gasteiger partial charge in [0.25, 0.3) is 0 Å². The number of hydrazone groups is 1. The quantitative estimate of drug-likeness (QED) is 0.427. The highest BCUT2D eigenvalue weighted by Crippen LogP contribution is 2.05. The Kier molecular flexibility index (Phi) is 3.67. The largest absolute Gasteiger partial charge is 0.481 e. The molecule has 0 saturated heterocycles. The third kappa shape index (κ3) is 2.90. The van der Waals surface area contributed by atoms with Crippen molar-refractivity contribution in [1.29, 1.82) is 0 Å². The minimum absolute atomic E-state index is 0.0466. The minimum Gasteiger partial charge on any atom is -0.481 e. The van der Waals surface area contributed by atoms with Gasteiger partial charge in [0, 0.05) is 6.42 Å². The fourth-order valence-corrected chi connectivity index (χ4v) is 1.14. The molecule has 3 N–H and O–H groups in total. The normalized spacial score (nSPS) is 11.3. The summed E-state index contributed by atoms with van der Waals surface area (Å²) in [7, 11) is 0. The standard InChI is InChI=1S/C10H12N2O2/c11-12-9(6-7-10(13)14)8-4-2-1-3-5-8/h1-5H,6-7,11H2,(H,13,14)/b12-9-. The van der Waals surface area contributed by atoms with Crippen LogP contribution in [-0.2, 0) is 4.79 Å². The number of hydrogen-bond donors (Lipinski definition) is 2. The maximum atomic E-state index is 10.4. The number of rotatable bonds is 4. The van der Waals surface area contributed by atoms with Crippen LogP contribution in [0.15, 0.2) is 35.4 Å². The molecule has 0 heterocycles. The van der Waals surface area contributed by atoms with Gasteiger partial charge in [0.2, 0.25) is 0 Å². The Balaban J connectivity index is 2.69. The zero-order chi connectivity index (χ0) is 10.4. The summed E-state index contributed by atoms with van der Waals surface area (Å²) in [4.78, 5) is 10.4. The molecule has 1 rings (SSSR count). The van der Waals surface area contributed by atoms with Crippen LogP contribution in [-0.4, -0.2) is 16.8 Å². The molecule has 74 valence electrons. The Hall–Kier alpha value is -1.84. The van der Waals surface area contributed by atoms with E-state index in [0.717, 1.165) is 5.56 Å². The van der Waals surface area contributed by atoms with E-state index in [0.29, 0.717) is 12.1 Å². The van der Waals surface area contributed by atoms with Crippen LogP contribution in [0.4, 0.5) is 0 Å². The van der Waals surface area contributed by atoms with Crippen molar-refractivity contribution < 1.29 is 9.90 Å². The molecule has 0 atom stereocenters. The van der Waals surface area contributed by atoms with Crippen LogP contribution >= 0.6 is 0 Å². The molecule has 0 radical (unpaired) electrons. The van der Waals surface area contributed by atoms with Crippen LogP contribution in [0.1, 0.15) is 18.4 Å². The Morgan fingerprint density at radius 2 is 1.93 bits per heavy atom. The van der Waals surface area contributed by atoms with Gasteiger partial charge in [-0.1, -0.05) is 30.3 Å². The SMILES string of the molecule is N/N=C(/CCC(=O)O)c1ccccc1. The summed E-state index contributed by atoms with van der Waals surface area (Å²) >= 11 is 0. The van der Waals surface area contributed by atoms with Gasteiger partial charge in [-0.15, -0.1) is 0 Å². The predicted molar refractivity (Wildman–Crippen MR) is 54.0 cm³/mol. The molecule has 0 amide bonds. The summed E-state index contributed by atoms with van der Waals surface area (Å²) in [5.41, 5.74) is 1.49. The first-order valence-electron chi connectivity index (χ1n) is 4.28. The van der Waals surface area contributed by atoms with E-state index in [1.54, 1.807) is 0 Å². The average molecular weight is 192 g/mol. The lowest BCUT2D eigenvalue weighted by atomic mass is 10.1. The third-order valence-corrected chi connectivity index (χ3v) is 1.84. The molecule has 14 heavy (non-hydrogen) atoms. The Morgan fingerprint density at radius 1 is 1.29 bits per heavy atom. The third-order valence-electron chi connectivity index (χ3n) is 1.84. The van der Waals surface area contributed by atoms with E-state index in [4.69, 9.17) is 10.9 Å². The molecule has 0 aromatic heterocycles. The average Bonchev–Trinajstić information content (AvgIpc) is 2.20. The highest BCUT2D eigenvalue weighted by molar-refractivity contribution is 6.01. The summed E-state index contributed by atoms with van der Waals surface area (Å²) in [6.45, 7) is 0. The van der Waals surface area contributed by atoms with E-state index in [2.05, 4.69) is 5.10 Å². The molecule has 0 unspecified atom stereocenters. The van der Waals surface area contributed by atoms with Crippen LogP contribution in [0.3, 0.4) is 0 Å². The number of nitrogens with zero attached hydrogens (tertiary/aromatic N) is 1. The second kappa shape index (κ2) is 5.01. The lowest BCUT2D eigenvalue weighted by Crippen LogP contribution is -2.07. The van der Waals surface area contributed by atoms with E-state index < -0.39 is 5.97 Å². The molecule has 0 aliphatic heterocycles. The summed E-state index contributed by atoms with van der Waals surface area (Å²) < 4.78 is 0. The molecule has 0 aliphatic carbocycles. The highest BCUT2D eigenvalue weighted by Gasteiger charge is 2.05. The van der Waals surface area contributed by atoms with Gasteiger partial charge in [-0.25, -0.2) is 0 Å². The van der Waals surface area contributed by atoms with Crippen molar-refractivity contribution in [2.75, 3.05) is 0 Å². The summed E-state index contributed by atoms with van der Waals surface area (Å²) in [6, 6.07) is 9.32. The van der Waals surface area contributed by atoms with Crippen LogP contribution < -0.4 is 5.84 Å². The van der Waals surface area contributed by atoms with E-state index >= 15 is 0 Å². The molecule has 1 aromatic rings. The van der Waals surface area contributed by atoms with Crippen molar-refractivity contribution in [2.45, 2.75) is 12.8 Å². The minimum atomic E-state index is -0.845. The number of benzene rings is 1. The van der Waals surface area contributed by atoms with Gasteiger partial charge in [0.15, 0.2) is 0 Å². The topological polar surface area (TPSA) is 75.7 Å². The van der Waals surface area contributed by atoms with Gasteiger partial charge in [0.05, 0.1) is 12.1 Å².